The second-order valence-corrected chi connectivity index (χ2v) is 13.6. The van der Waals surface area contributed by atoms with Gasteiger partial charge in [0.1, 0.15) is 0 Å². The predicted octanol–water partition coefficient (Wildman–Crippen LogP) is 5.02. The van der Waals surface area contributed by atoms with Crippen molar-refractivity contribution in [2.24, 2.45) is 0 Å². The van der Waals surface area contributed by atoms with Gasteiger partial charge in [-0.3, -0.25) is 9.80 Å². The van der Waals surface area contributed by atoms with Crippen molar-refractivity contribution >= 4 is 10.0 Å². The first kappa shape index (κ1) is 31.6. The van der Waals surface area contributed by atoms with Gasteiger partial charge in [-0.1, -0.05) is 97.1 Å². The van der Waals surface area contributed by atoms with Crippen LogP contribution in [0.1, 0.15) is 46.6 Å². The van der Waals surface area contributed by atoms with Crippen LogP contribution in [0.25, 0.3) is 0 Å². The molecule has 3 atom stereocenters. The number of aliphatic hydroxyl groups is 1. The lowest BCUT2D eigenvalue weighted by Crippen LogP contribution is -2.49. The number of benzene rings is 4. The number of hydrogen-bond donors (Lipinski definition) is 2. The number of rotatable bonds is 11. The first-order chi connectivity index (χ1) is 21.9. The molecule has 0 aliphatic carbocycles. The summed E-state index contributed by atoms with van der Waals surface area (Å²) in [6, 6.07) is 34.7. The molecule has 8 nitrogen and oxygen atoms in total. The molecular formula is C36H41N3O5S. The molecule has 0 unspecified atom stereocenters. The molecule has 0 aromatic heterocycles. The smallest absolute Gasteiger partial charge is 0.240 e. The zero-order valence-electron chi connectivity index (χ0n) is 25.4. The molecule has 0 radical (unpaired) electrons. The van der Waals surface area contributed by atoms with Crippen molar-refractivity contribution in [2.75, 3.05) is 32.7 Å². The van der Waals surface area contributed by atoms with Gasteiger partial charge in [-0.25, -0.2) is 13.1 Å². The van der Waals surface area contributed by atoms with Gasteiger partial charge in [0.25, 0.3) is 0 Å². The molecule has 0 spiro atoms. The van der Waals surface area contributed by atoms with E-state index in [4.69, 9.17) is 9.47 Å². The van der Waals surface area contributed by atoms with E-state index in [0.29, 0.717) is 0 Å². The topological polar surface area (TPSA) is 91.3 Å². The third-order valence-electron chi connectivity index (χ3n) is 8.56. The summed E-state index contributed by atoms with van der Waals surface area (Å²) in [5, 5.41) is 9.52. The molecular weight excluding hydrogens is 586 g/mol. The maximum atomic E-state index is 12.7. The van der Waals surface area contributed by atoms with Crippen molar-refractivity contribution in [3.8, 4) is 0 Å². The van der Waals surface area contributed by atoms with E-state index < -0.39 is 16.3 Å². The van der Waals surface area contributed by atoms with Crippen LogP contribution in [-0.4, -0.2) is 62.2 Å². The van der Waals surface area contributed by atoms with Gasteiger partial charge in [-0.2, -0.15) is 0 Å². The molecule has 2 aliphatic heterocycles. The fourth-order valence-electron chi connectivity index (χ4n) is 5.95. The fourth-order valence-corrected chi connectivity index (χ4v) is 6.99. The van der Waals surface area contributed by atoms with E-state index in [1.165, 1.54) is 5.56 Å². The summed E-state index contributed by atoms with van der Waals surface area (Å²) in [7, 11) is -3.60. The second-order valence-electron chi connectivity index (χ2n) is 11.8. The van der Waals surface area contributed by atoms with E-state index in [0.717, 1.165) is 67.9 Å². The Morgan fingerprint density at radius 2 is 1.29 bits per heavy atom. The number of piperazine rings is 1. The Kier molecular flexibility index (Phi) is 10.4. The normalized spacial score (nSPS) is 21.5. The van der Waals surface area contributed by atoms with Crippen molar-refractivity contribution in [1.82, 2.24) is 14.5 Å². The highest BCUT2D eigenvalue weighted by Crippen LogP contribution is 2.38. The molecule has 9 heteroatoms. The van der Waals surface area contributed by atoms with Gasteiger partial charge >= 0.3 is 0 Å². The summed E-state index contributed by atoms with van der Waals surface area (Å²) in [6.45, 7) is 5.99. The monoisotopic (exact) mass is 627 g/mol. The number of nitrogens with one attached hydrogen (secondary N) is 1. The molecule has 2 N–H and O–H groups in total. The SMILES string of the molecule is O=S(=O)(NCc1ccc([C@H]2O[C@@H](CN3CCN(Cc4ccccc4)CC3)C[C@@H](c3ccc(CO)cc3)O2)cc1)c1ccccc1. The minimum absolute atomic E-state index is 0.00424. The van der Waals surface area contributed by atoms with Crippen LogP contribution in [0.15, 0.2) is 114 Å². The summed E-state index contributed by atoms with van der Waals surface area (Å²) >= 11 is 0. The molecule has 4 aromatic rings. The average molecular weight is 628 g/mol. The lowest BCUT2D eigenvalue weighted by molar-refractivity contribution is -0.253. The fraction of sp³-hybridized carbons (Fsp3) is 0.333. The number of aliphatic hydroxyl groups excluding tert-OH is 1. The Hall–Kier alpha value is -3.41. The maximum Gasteiger partial charge on any atom is 0.240 e. The zero-order chi connectivity index (χ0) is 31.1. The van der Waals surface area contributed by atoms with Gasteiger partial charge in [0.05, 0.1) is 23.7 Å². The van der Waals surface area contributed by atoms with Crippen LogP contribution in [0.3, 0.4) is 0 Å². The van der Waals surface area contributed by atoms with Crippen molar-refractivity contribution in [3.63, 3.8) is 0 Å². The highest BCUT2D eigenvalue weighted by atomic mass is 32.2. The molecule has 45 heavy (non-hydrogen) atoms. The Morgan fingerprint density at radius 3 is 1.96 bits per heavy atom. The second kappa shape index (κ2) is 14.8. The number of nitrogens with zero attached hydrogens (tertiary/aromatic N) is 2. The summed E-state index contributed by atoms with van der Waals surface area (Å²) in [5.74, 6) is 0. The van der Waals surface area contributed by atoms with Crippen molar-refractivity contribution in [3.05, 3.63) is 137 Å². The van der Waals surface area contributed by atoms with Crippen molar-refractivity contribution in [2.45, 2.75) is 49.5 Å². The van der Waals surface area contributed by atoms with E-state index in [-0.39, 0.29) is 30.3 Å². The summed E-state index contributed by atoms with van der Waals surface area (Å²) in [5.41, 5.74) is 5.00. The van der Waals surface area contributed by atoms with Crippen molar-refractivity contribution in [1.29, 1.82) is 0 Å². The lowest BCUT2D eigenvalue weighted by atomic mass is 9.99. The Morgan fingerprint density at radius 1 is 0.689 bits per heavy atom. The van der Waals surface area contributed by atoms with Crippen LogP contribution < -0.4 is 4.72 Å². The van der Waals surface area contributed by atoms with Gasteiger partial charge in [0, 0.05) is 57.8 Å². The summed E-state index contributed by atoms with van der Waals surface area (Å²) in [4.78, 5) is 5.24. The van der Waals surface area contributed by atoms with Crippen molar-refractivity contribution < 1.29 is 23.0 Å². The largest absolute Gasteiger partial charge is 0.392 e. The Labute approximate surface area is 266 Å². The lowest BCUT2D eigenvalue weighted by Gasteiger charge is -2.40. The number of hydrogen-bond acceptors (Lipinski definition) is 7. The zero-order valence-corrected chi connectivity index (χ0v) is 26.2. The minimum atomic E-state index is -3.60. The molecule has 2 fully saturated rings. The number of sulfonamides is 1. The van der Waals surface area contributed by atoms with Crippen LogP contribution in [0.5, 0.6) is 0 Å². The Balaban J connectivity index is 1.10. The molecule has 4 aromatic carbocycles. The summed E-state index contributed by atoms with van der Waals surface area (Å²) in [6.07, 6.45) is 0.00154. The molecule has 236 valence electrons. The third kappa shape index (κ3) is 8.45. The highest BCUT2D eigenvalue weighted by Gasteiger charge is 2.33. The van der Waals surface area contributed by atoms with E-state index in [1.807, 2.05) is 48.5 Å². The van der Waals surface area contributed by atoms with E-state index >= 15 is 0 Å². The van der Waals surface area contributed by atoms with Gasteiger partial charge in [0.2, 0.25) is 10.0 Å². The predicted molar refractivity (Wildman–Crippen MR) is 173 cm³/mol. The standard InChI is InChI=1S/C36H41N3O5S/c40-27-30-13-15-31(16-14-30)35-23-33(26-39-21-19-38(20-22-39)25-29-7-3-1-4-8-29)43-36(44-35)32-17-11-28(12-18-32)24-37-45(41,42)34-9-5-2-6-10-34/h1-18,33,35-37,40H,19-27H2/t33-,35+,36+/m1/s1. The molecule has 2 heterocycles. The van der Waals surface area contributed by atoms with Gasteiger partial charge in [-0.15, -0.1) is 0 Å². The van der Waals surface area contributed by atoms with Gasteiger partial charge < -0.3 is 14.6 Å². The molecule has 0 bridgehead atoms. The van der Waals surface area contributed by atoms with Crippen LogP contribution in [-0.2, 0) is 39.2 Å². The van der Waals surface area contributed by atoms with Gasteiger partial charge in [-0.05, 0) is 34.4 Å². The van der Waals surface area contributed by atoms with Gasteiger partial charge in [0.15, 0.2) is 6.29 Å². The van der Waals surface area contributed by atoms with Crippen LogP contribution in [0, 0.1) is 0 Å². The van der Waals surface area contributed by atoms with Crippen LogP contribution in [0.2, 0.25) is 0 Å². The summed E-state index contributed by atoms with van der Waals surface area (Å²) < 4.78 is 41.1. The number of ether oxygens (including phenoxy) is 2. The average Bonchev–Trinajstić information content (AvgIpc) is 3.09. The van der Waals surface area contributed by atoms with E-state index in [2.05, 4.69) is 44.9 Å². The molecule has 6 rings (SSSR count). The van der Waals surface area contributed by atoms with Crippen LogP contribution >= 0.6 is 0 Å². The quantitative estimate of drug-likeness (QED) is 0.241. The molecule has 2 saturated heterocycles. The van der Waals surface area contributed by atoms with E-state index in [9.17, 15) is 13.5 Å². The molecule has 0 saturated carbocycles. The Bertz CT molecular complexity index is 1590. The molecule has 0 amide bonds. The van der Waals surface area contributed by atoms with E-state index in [1.54, 1.807) is 30.3 Å². The maximum absolute atomic E-state index is 12.7. The highest BCUT2D eigenvalue weighted by molar-refractivity contribution is 7.89. The minimum Gasteiger partial charge on any atom is -0.392 e. The molecule has 2 aliphatic rings. The first-order valence-corrected chi connectivity index (χ1v) is 17.1. The van der Waals surface area contributed by atoms with Crippen LogP contribution in [0.4, 0.5) is 0 Å². The first-order valence-electron chi connectivity index (χ1n) is 15.6. The third-order valence-corrected chi connectivity index (χ3v) is 9.98.